The van der Waals surface area contributed by atoms with Gasteiger partial charge in [0.05, 0.1) is 0 Å². The number of aryl methyl sites for hydroxylation is 2. The first-order valence-electron chi connectivity index (χ1n) is 9.14. The lowest BCUT2D eigenvalue weighted by atomic mass is 10.0. The molecule has 2 aromatic carbocycles. The van der Waals surface area contributed by atoms with E-state index in [1.54, 1.807) is 0 Å². The predicted octanol–water partition coefficient (Wildman–Crippen LogP) is 4.38. The van der Waals surface area contributed by atoms with E-state index >= 15 is 0 Å². The van der Waals surface area contributed by atoms with E-state index in [1.807, 2.05) is 0 Å². The average Bonchev–Trinajstić information content (AvgIpc) is 2.60. The van der Waals surface area contributed by atoms with Crippen LogP contribution in [0, 0.1) is 0 Å². The van der Waals surface area contributed by atoms with Crippen LogP contribution in [0.2, 0.25) is 0 Å². The Morgan fingerprint density at radius 3 is 2.08 bits per heavy atom. The molecule has 0 aliphatic heterocycles. The van der Waals surface area contributed by atoms with E-state index in [2.05, 4.69) is 86.3 Å². The third-order valence-electron chi connectivity index (χ3n) is 4.56. The lowest BCUT2D eigenvalue weighted by Crippen LogP contribution is -2.31. The summed E-state index contributed by atoms with van der Waals surface area (Å²) in [6, 6.07) is 17.9. The molecule has 0 fully saturated rings. The van der Waals surface area contributed by atoms with Crippen LogP contribution in [0.5, 0.6) is 0 Å². The molecule has 24 heavy (non-hydrogen) atoms. The van der Waals surface area contributed by atoms with E-state index in [1.165, 1.54) is 22.3 Å². The number of rotatable bonds is 9. The highest BCUT2D eigenvalue weighted by Gasteiger charge is 2.10. The van der Waals surface area contributed by atoms with Crippen molar-refractivity contribution < 1.29 is 0 Å². The van der Waals surface area contributed by atoms with E-state index < -0.39 is 0 Å². The molecule has 0 amide bonds. The second-order valence-corrected chi connectivity index (χ2v) is 6.81. The molecule has 2 nitrogen and oxygen atoms in total. The topological polar surface area (TPSA) is 6.48 Å². The number of benzene rings is 2. The van der Waals surface area contributed by atoms with Crippen molar-refractivity contribution in [2.45, 2.75) is 39.8 Å². The SMILES string of the molecule is CCc1cccc(CN(CCN(C)C)Cc2ccccc2CC)c1. The van der Waals surface area contributed by atoms with Gasteiger partial charge in [0.2, 0.25) is 0 Å². The summed E-state index contributed by atoms with van der Waals surface area (Å²) < 4.78 is 0. The van der Waals surface area contributed by atoms with Gasteiger partial charge in [-0.3, -0.25) is 4.90 Å². The molecule has 0 radical (unpaired) electrons. The fourth-order valence-electron chi connectivity index (χ4n) is 3.06. The number of hydrogen-bond donors (Lipinski definition) is 0. The summed E-state index contributed by atoms with van der Waals surface area (Å²) in [5, 5.41) is 0. The summed E-state index contributed by atoms with van der Waals surface area (Å²) in [7, 11) is 4.30. The van der Waals surface area contributed by atoms with Crippen LogP contribution in [-0.2, 0) is 25.9 Å². The summed E-state index contributed by atoms with van der Waals surface area (Å²) in [6.45, 7) is 8.67. The van der Waals surface area contributed by atoms with Crippen molar-refractivity contribution in [2.75, 3.05) is 27.2 Å². The highest BCUT2D eigenvalue weighted by atomic mass is 15.2. The van der Waals surface area contributed by atoms with Crippen LogP contribution in [0.15, 0.2) is 48.5 Å². The summed E-state index contributed by atoms with van der Waals surface area (Å²) in [4.78, 5) is 4.84. The fraction of sp³-hybridized carbons (Fsp3) is 0.455. The zero-order valence-corrected chi connectivity index (χ0v) is 15.8. The molecule has 0 aromatic heterocycles. The molecule has 130 valence electrons. The lowest BCUT2D eigenvalue weighted by Gasteiger charge is -2.25. The quantitative estimate of drug-likeness (QED) is 0.675. The molecule has 0 aliphatic rings. The highest BCUT2D eigenvalue weighted by molar-refractivity contribution is 5.27. The molecule has 0 aliphatic carbocycles. The predicted molar refractivity (Wildman–Crippen MR) is 104 cm³/mol. The average molecular weight is 325 g/mol. The van der Waals surface area contributed by atoms with Gasteiger partial charge in [-0.1, -0.05) is 62.4 Å². The second-order valence-electron chi connectivity index (χ2n) is 6.81. The van der Waals surface area contributed by atoms with Crippen LogP contribution in [0.25, 0.3) is 0 Å². The molecule has 2 rings (SSSR count). The molecular weight excluding hydrogens is 292 g/mol. The van der Waals surface area contributed by atoms with Crippen molar-refractivity contribution in [1.29, 1.82) is 0 Å². The van der Waals surface area contributed by atoms with Crippen LogP contribution >= 0.6 is 0 Å². The Morgan fingerprint density at radius 1 is 0.708 bits per heavy atom. The van der Waals surface area contributed by atoms with Crippen LogP contribution in [-0.4, -0.2) is 37.0 Å². The van der Waals surface area contributed by atoms with E-state index in [9.17, 15) is 0 Å². The smallest absolute Gasteiger partial charge is 0.0240 e. The Kier molecular flexibility index (Phi) is 7.48. The molecule has 0 atom stereocenters. The van der Waals surface area contributed by atoms with Crippen molar-refractivity contribution >= 4 is 0 Å². The molecule has 2 heteroatoms. The summed E-state index contributed by atoms with van der Waals surface area (Å²) in [5.74, 6) is 0. The monoisotopic (exact) mass is 324 g/mol. The Morgan fingerprint density at radius 2 is 1.42 bits per heavy atom. The van der Waals surface area contributed by atoms with Crippen LogP contribution in [0.3, 0.4) is 0 Å². The normalized spacial score (nSPS) is 11.4. The van der Waals surface area contributed by atoms with Crippen LogP contribution in [0.1, 0.15) is 36.1 Å². The van der Waals surface area contributed by atoms with Crippen LogP contribution in [0.4, 0.5) is 0 Å². The van der Waals surface area contributed by atoms with E-state index in [0.717, 1.165) is 39.0 Å². The van der Waals surface area contributed by atoms with E-state index in [0.29, 0.717) is 0 Å². The third kappa shape index (κ3) is 5.77. The van der Waals surface area contributed by atoms with Crippen molar-refractivity contribution in [1.82, 2.24) is 9.80 Å². The minimum absolute atomic E-state index is 1.01. The van der Waals surface area contributed by atoms with Gasteiger partial charge in [0.15, 0.2) is 0 Å². The summed E-state index contributed by atoms with van der Waals surface area (Å²) >= 11 is 0. The Balaban J connectivity index is 2.14. The molecule has 0 unspecified atom stereocenters. The Labute approximate surface area is 148 Å². The number of hydrogen-bond acceptors (Lipinski definition) is 2. The van der Waals surface area contributed by atoms with Gasteiger partial charge in [-0.05, 0) is 49.2 Å². The molecule has 0 saturated heterocycles. The highest BCUT2D eigenvalue weighted by Crippen LogP contribution is 2.15. The maximum absolute atomic E-state index is 2.57. The molecule has 0 N–H and O–H groups in total. The van der Waals surface area contributed by atoms with Crippen LogP contribution < -0.4 is 0 Å². The maximum Gasteiger partial charge on any atom is 0.0240 e. The third-order valence-corrected chi connectivity index (χ3v) is 4.56. The molecular formula is C22H32N2. The molecule has 0 saturated carbocycles. The first-order valence-corrected chi connectivity index (χ1v) is 9.14. The van der Waals surface area contributed by atoms with Gasteiger partial charge in [-0.2, -0.15) is 0 Å². The van der Waals surface area contributed by atoms with Gasteiger partial charge in [-0.15, -0.1) is 0 Å². The van der Waals surface area contributed by atoms with Gasteiger partial charge in [0, 0.05) is 26.2 Å². The lowest BCUT2D eigenvalue weighted by molar-refractivity contribution is 0.225. The standard InChI is InChI=1S/C22H32N2/c1-5-19-10-9-11-20(16-19)17-24(15-14-23(3)4)18-22-13-8-7-12-21(22)6-2/h7-13,16H,5-6,14-15,17-18H2,1-4H3. The van der Waals surface area contributed by atoms with Crippen molar-refractivity contribution in [3.8, 4) is 0 Å². The van der Waals surface area contributed by atoms with Crippen molar-refractivity contribution in [3.63, 3.8) is 0 Å². The van der Waals surface area contributed by atoms with Gasteiger partial charge < -0.3 is 4.90 Å². The van der Waals surface area contributed by atoms with Gasteiger partial charge >= 0.3 is 0 Å². The number of likely N-dealkylation sites (N-methyl/N-ethyl adjacent to an activating group) is 1. The molecule has 0 bridgehead atoms. The molecule has 2 aromatic rings. The minimum Gasteiger partial charge on any atom is -0.308 e. The zero-order chi connectivity index (χ0) is 17.4. The van der Waals surface area contributed by atoms with Gasteiger partial charge in [0.25, 0.3) is 0 Å². The summed E-state index contributed by atoms with van der Waals surface area (Å²) in [5.41, 5.74) is 5.77. The van der Waals surface area contributed by atoms with E-state index in [-0.39, 0.29) is 0 Å². The second kappa shape index (κ2) is 9.61. The van der Waals surface area contributed by atoms with E-state index in [4.69, 9.17) is 0 Å². The molecule has 0 heterocycles. The summed E-state index contributed by atoms with van der Waals surface area (Å²) in [6.07, 6.45) is 2.20. The maximum atomic E-state index is 2.57. The zero-order valence-electron chi connectivity index (χ0n) is 15.8. The Hall–Kier alpha value is -1.64. The first-order chi connectivity index (χ1) is 11.6. The number of nitrogens with zero attached hydrogens (tertiary/aromatic N) is 2. The first kappa shape index (κ1) is 18.7. The largest absolute Gasteiger partial charge is 0.308 e. The minimum atomic E-state index is 1.01. The van der Waals surface area contributed by atoms with Gasteiger partial charge in [-0.25, -0.2) is 0 Å². The van der Waals surface area contributed by atoms with Crippen molar-refractivity contribution in [2.24, 2.45) is 0 Å². The molecule has 0 spiro atoms. The Bertz CT molecular complexity index is 619. The fourth-order valence-corrected chi connectivity index (χ4v) is 3.06. The van der Waals surface area contributed by atoms with Crippen molar-refractivity contribution in [3.05, 3.63) is 70.8 Å². The van der Waals surface area contributed by atoms with Gasteiger partial charge in [0.1, 0.15) is 0 Å².